The summed E-state index contributed by atoms with van der Waals surface area (Å²) in [4.78, 5) is 22.5. The molecule has 0 aromatic heterocycles. The average Bonchev–Trinajstić information content (AvgIpc) is 2.46. The number of carbonyl (C=O) groups is 1. The van der Waals surface area contributed by atoms with Crippen molar-refractivity contribution in [3.05, 3.63) is 68.2 Å². The van der Waals surface area contributed by atoms with Crippen molar-refractivity contribution in [3.8, 4) is 5.75 Å². The van der Waals surface area contributed by atoms with Crippen LogP contribution in [-0.2, 0) is 0 Å². The number of aryl methyl sites for hydroxylation is 2. The van der Waals surface area contributed by atoms with E-state index in [2.05, 4.69) is 0 Å². The first kappa shape index (κ1) is 16.0. The van der Waals surface area contributed by atoms with Crippen molar-refractivity contribution in [2.75, 3.05) is 6.61 Å². The number of halogens is 1. The Hall–Kier alpha value is -2.40. The van der Waals surface area contributed by atoms with Crippen LogP contribution in [0.2, 0.25) is 5.02 Å². The van der Waals surface area contributed by atoms with Gasteiger partial charge in [-0.2, -0.15) is 0 Å². The number of nitro benzene ring substituents is 1. The highest BCUT2D eigenvalue weighted by Crippen LogP contribution is 2.23. The Morgan fingerprint density at radius 2 is 1.91 bits per heavy atom. The quantitative estimate of drug-likeness (QED) is 0.472. The second-order valence-corrected chi connectivity index (χ2v) is 5.32. The Balaban J connectivity index is 2.12. The largest absolute Gasteiger partial charge is 0.485 e. The predicted octanol–water partition coefficient (Wildman–Crippen LogP) is 4.13. The minimum Gasteiger partial charge on any atom is -0.485 e. The van der Waals surface area contributed by atoms with Crippen LogP contribution in [0.25, 0.3) is 0 Å². The van der Waals surface area contributed by atoms with Crippen LogP contribution in [0.4, 0.5) is 5.69 Å². The molecule has 0 aliphatic rings. The summed E-state index contributed by atoms with van der Waals surface area (Å²) in [6.45, 7) is 3.26. The van der Waals surface area contributed by atoms with Crippen molar-refractivity contribution in [3.63, 3.8) is 0 Å². The monoisotopic (exact) mass is 319 g/mol. The summed E-state index contributed by atoms with van der Waals surface area (Å²) in [7, 11) is 0. The summed E-state index contributed by atoms with van der Waals surface area (Å²) in [5, 5.41) is 11.5. The van der Waals surface area contributed by atoms with Gasteiger partial charge in [-0.3, -0.25) is 14.9 Å². The molecule has 0 atom stereocenters. The number of hydrogen-bond donors (Lipinski definition) is 0. The lowest BCUT2D eigenvalue weighted by Crippen LogP contribution is -2.12. The molecule has 22 heavy (non-hydrogen) atoms. The molecule has 0 bridgehead atoms. The van der Waals surface area contributed by atoms with Gasteiger partial charge in [0.1, 0.15) is 5.75 Å². The fraction of sp³-hybridized carbons (Fsp3) is 0.188. The molecule has 0 unspecified atom stereocenters. The van der Waals surface area contributed by atoms with Crippen molar-refractivity contribution in [2.24, 2.45) is 0 Å². The zero-order chi connectivity index (χ0) is 16.3. The number of benzene rings is 2. The Morgan fingerprint density at radius 1 is 1.18 bits per heavy atom. The van der Waals surface area contributed by atoms with Crippen molar-refractivity contribution >= 4 is 23.1 Å². The van der Waals surface area contributed by atoms with Crippen LogP contribution in [0.3, 0.4) is 0 Å². The van der Waals surface area contributed by atoms with E-state index >= 15 is 0 Å². The number of ketones is 1. The molecule has 2 aromatic rings. The molecular formula is C16H14ClNO4. The van der Waals surface area contributed by atoms with Gasteiger partial charge in [-0.05, 0) is 37.6 Å². The van der Waals surface area contributed by atoms with Crippen LogP contribution in [0.5, 0.6) is 5.75 Å². The molecule has 2 aromatic carbocycles. The van der Waals surface area contributed by atoms with Gasteiger partial charge in [0.2, 0.25) is 0 Å². The van der Waals surface area contributed by atoms with Crippen LogP contribution in [0.15, 0.2) is 36.4 Å². The lowest BCUT2D eigenvalue weighted by atomic mass is 10.1. The molecule has 0 amide bonds. The van der Waals surface area contributed by atoms with Crippen LogP contribution in [-0.4, -0.2) is 17.3 Å². The van der Waals surface area contributed by atoms with Crippen molar-refractivity contribution < 1.29 is 14.5 Å². The van der Waals surface area contributed by atoms with Gasteiger partial charge in [0.15, 0.2) is 12.4 Å². The molecule has 0 fully saturated rings. The molecule has 5 nitrogen and oxygen atoms in total. The number of Topliss-reactive ketones (excluding diaryl/α,β-unsaturated/α-hetero) is 1. The van der Waals surface area contributed by atoms with Gasteiger partial charge in [-0.1, -0.05) is 23.7 Å². The Morgan fingerprint density at radius 3 is 2.55 bits per heavy atom. The molecule has 114 valence electrons. The summed E-state index contributed by atoms with van der Waals surface area (Å²) in [6, 6.07) is 9.48. The minimum atomic E-state index is -0.504. The highest BCUT2D eigenvalue weighted by atomic mass is 35.5. The summed E-state index contributed by atoms with van der Waals surface area (Å²) in [5.74, 6) is 0.233. The van der Waals surface area contributed by atoms with Crippen LogP contribution >= 0.6 is 11.6 Å². The third-order valence-electron chi connectivity index (χ3n) is 3.22. The molecule has 0 N–H and O–H groups in total. The first-order valence-electron chi connectivity index (χ1n) is 6.55. The molecule has 0 radical (unpaired) electrons. The molecule has 6 heteroatoms. The summed E-state index contributed by atoms with van der Waals surface area (Å²) in [6.07, 6.45) is 0. The first-order valence-corrected chi connectivity index (χ1v) is 6.93. The molecule has 0 saturated heterocycles. The summed E-state index contributed by atoms with van der Waals surface area (Å²) < 4.78 is 5.46. The topological polar surface area (TPSA) is 69.4 Å². The highest BCUT2D eigenvalue weighted by molar-refractivity contribution is 6.30. The van der Waals surface area contributed by atoms with E-state index < -0.39 is 4.92 Å². The number of ether oxygens (including phenoxy) is 1. The maximum absolute atomic E-state index is 12.1. The van der Waals surface area contributed by atoms with Gasteiger partial charge in [0.05, 0.1) is 4.92 Å². The summed E-state index contributed by atoms with van der Waals surface area (Å²) in [5.41, 5.74) is 1.50. The maximum Gasteiger partial charge on any atom is 0.273 e. The smallest absolute Gasteiger partial charge is 0.273 e. The lowest BCUT2D eigenvalue weighted by molar-refractivity contribution is -0.385. The molecule has 0 aliphatic heterocycles. The number of nitrogens with zero attached hydrogens (tertiary/aromatic N) is 1. The lowest BCUT2D eigenvalue weighted by Gasteiger charge is -2.09. The van der Waals surface area contributed by atoms with E-state index in [-0.39, 0.29) is 23.6 Å². The van der Waals surface area contributed by atoms with Crippen molar-refractivity contribution in [1.82, 2.24) is 0 Å². The number of nitro groups is 1. The maximum atomic E-state index is 12.1. The van der Waals surface area contributed by atoms with E-state index in [9.17, 15) is 14.9 Å². The minimum absolute atomic E-state index is 0.0754. The van der Waals surface area contributed by atoms with Crippen molar-refractivity contribution in [1.29, 1.82) is 0 Å². The van der Waals surface area contributed by atoms with Crippen LogP contribution in [0.1, 0.15) is 21.5 Å². The SMILES string of the molecule is Cc1cc(Cl)ccc1OCC(=O)c1ccc(C)c([N+](=O)[O-])c1. The molecule has 0 heterocycles. The second-order valence-electron chi connectivity index (χ2n) is 4.88. The molecule has 2 rings (SSSR count). The summed E-state index contributed by atoms with van der Waals surface area (Å²) >= 11 is 5.85. The zero-order valence-corrected chi connectivity index (χ0v) is 12.9. The Kier molecular flexibility index (Phi) is 4.78. The first-order chi connectivity index (χ1) is 10.4. The normalized spacial score (nSPS) is 10.3. The van der Waals surface area contributed by atoms with E-state index in [4.69, 9.17) is 16.3 Å². The van der Waals surface area contributed by atoms with E-state index in [1.165, 1.54) is 6.07 Å². The van der Waals surface area contributed by atoms with Gasteiger partial charge < -0.3 is 4.74 Å². The van der Waals surface area contributed by atoms with Gasteiger partial charge in [-0.15, -0.1) is 0 Å². The van der Waals surface area contributed by atoms with E-state index in [1.807, 2.05) is 6.92 Å². The number of carbonyl (C=O) groups excluding carboxylic acids is 1. The van der Waals surface area contributed by atoms with Gasteiger partial charge in [-0.25, -0.2) is 0 Å². The van der Waals surface area contributed by atoms with E-state index in [0.29, 0.717) is 16.3 Å². The Bertz CT molecular complexity index is 743. The van der Waals surface area contributed by atoms with E-state index in [0.717, 1.165) is 5.56 Å². The van der Waals surface area contributed by atoms with Gasteiger partial charge >= 0.3 is 0 Å². The third kappa shape index (κ3) is 3.62. The number of rotatable bonds is 5. The van der Waals surface area contributed by atoms with Gasteiger partial charge in [0, 0.05) is 22.2 Å². The standard InChI is InChI=1S/C16H14ClNO4/c1-10-3-4-12(8-14(10)18(20)21)15(19)9-22-16-6-5-13(17)7-11(16)2/h3-8H,9H2,1-2H3. The fourth-order valence-corrected chi connectivity index (χ4v) is 2.21. The third-order valence-corrected chi connectivity index (χ3v) is 3.46. The van der Waals surface area contributed by atoms with Crippen molar-refractivity contribution in [2.45, 2.75) is 13.8 Å². The zero-order valence-electron chi connectivity index (χ0n) is 12.1. The Labute approximate surface area is 132 Å². The van der Waals surface area contributed by atoms with Crippen LogP contribution in [0, 0.1) is 24.0 Å². The fourth-order valence-electron chi connectivity index (χ4n) is 1.98. The number of hydrogen-bond acceptors (Lipinski definition) is 4. The van der Waals surface area contributed by atoms with E-state index in [1.54, 1.807) is 37.3 Å². The average molecular weight is 320 g/mol. The van der Waals surface area contributed by atoms with Gasteiger partial charge in [0.25, 0.3) is 5.69 Å². The molecule has 0 spiro atoms. The molecular weight excluding hydrogens is 306 g/mol. The molecule has 0 aliphatic carbocycles. The predicted molar refractivity (Wildman–Crippen MR) is 83.8 cm³/mol. The highest BCUT2D eigenvalue weighted by Gasteiger charge is 2.15. The molecule has 0 saturated carbocycles. The van der Waals surface area contributed by atoms with Crippen LogP contribution < -0.4 is 4.74 Å². The second kappa shape index (κ2) is 6.58.